The van der Waals surface area contributed by atoms with Gasteiger partial charge in [0.05, 0.1) is 18.8 Å². The molecule has 4 atom stereocenters. The minimum atomic E-state index is -0.854. The van der Waals surface area contributed by atoms with Gasteiger partial charge in [0.1, 0.15) is 0 Å². The molecule has 4 heteroatoms. The van der Waals surface area contributed by atoms with Gasteiger partial charge < -0.3 is 15.5 Å². The van der Waals surface area contributed by atoms with Crippen LogP contribution in [0.2, 0.25) is 0 Å². The summed E-state index contributed by atoms with van der Waals surface area (Å²) in [6, 6.07) is -0.637. The van der Waals surface area contributed by atoms with Gasteiger partial charge in [-0.15, -0.1) is 0 Å². The average molecular weight is 426 g/mol. The summed E-state index contributed by atoms with van der Waals surface area (Å²) >= 11 is 0. The second-order valence-electron chi connectivity index (χ2n) is 9.16. The summed E-state index contributed by atoms with van der Waals surface area (Å²) < 4.78 is 0. The van der Waals surface area contributed by atoms with Gasteiger partial charge in [0, 0.05) is 5.92 Å². The molecule has 30 heavy (non-hydrogen) atoms. The standard InChI is InChI=1S/C26H51NO3/c1-5-7-9-10-11-12-13-14-16-17-22(3)19-20-25(29)24(21-28)27-26(30)23(4)18-15-8-6-2/h19-20,22-25,28-29H,5-18,21H2,1-4H3,(H,27,30)/b20-19+/t22?,23?,24-,25+/m0/s1. The summed E-state index contributed by atoms with van der Waals surface area (Å²) in [6.07, 6.45) is 20.1. The van der Waals surface area contributed by atoms with Crippen LogP contribution in [0.4, 0.5) is 0 Å². The Kier molecular flexibility index (Phi) is 19.5. The Morgan fingerprint density at radius 1 is 0.800 bits per heavy atom. The van der Waals surface area contributed by atoms with E-state index in [1.807, 2.05) is 13.0 Å². The van der Waals surface area contributed by atoms with Crippen molar-refractivity contribution in [1.29, 1.82) is 0 Å². The zero-order chi connectivity index (χ0) is 22.6. The summed E-state index contributed by atoms with van der Waals surface area (Å²) in [5.74, 6) is 0.222. The highest BCUT2D eigenvalue weighted by molar-refractivity contribution is 5.78. The van der Waals surface area contributed by atoms with Crippen LogP contribution in [0.3, 0.4) is 0 Å². The number of rotatable bonds is 20. The summed E-state index contributed by atoms with van der Waals surface area (Å²) in [4.78, 5) is 12.3. The van der Waals surface area contributed by atoms with E-state index in [1.165, 1.54) is 57.8 Å². The zero-order valence-corrected chi connectivity index (χ0v) is 20.4. The number of allylic oxidation sites excluding steroid dienone is 1. The molecule has 0 aromatic carbocycles. The van der Waals surface area contributed by atoms with Gasteiger partial charge in [0.25, 0.3) is 0 Å². The van der Waals surface area contributed by atoms with Crippen molar-refractivity contribution in [2.75, 3.05) is 6.61 Å². The molecule has 2 unspecified atom stereocenters. The molecule has 0 spiro atoms. The van der Waals surface area contributed by atoms with Gasteiger partial charge in [-0.25, -0.2) is 0 Å². The predicted molar refractivity (Wildman–Crippen MR) is 128 cm³/mol. The number of hydrogen-bond acceptors (Lipinski definition) is 3. The molecule has 4 nitrogen and oxygen atoms in total. The Morgan fingerprint density at radius 2 is 1.30 bits per heavy atom. The van der Waals surface area contributed by atoms with Gasteiger partial charge >= 0.3 is 0 Å². The maximum Gasteiger partial charge on any atom is 0.223 e. The molecule has 0 radical (unpaired) electrons. The van der Waals surface area contributed by atoms with Gasteiger partial charge in [-0.2, -0.15) is 0 Å². The highest BCUT2D eigenvalue weighted by Crippen LogP contribution is 2.15. The first-order valence-corrected chi connectivity index (χ1v) is 12.7. The number of amides is 1. The summed E-state index contributed by atoms with van der Waals surface area (Å²) in [5.41, 5.74) is 0. The van der Waals surface area contributed by atoms with E-state index in [2.05, 4.69) is 26.1 Å². The fourth-order valence-corrected chi connectivity index (χ4v) is 3.71. The largest absolute Gasteiger partial charge is 0.394 e. The van der Waals surface area contributed by atoms with Crippen LogP contribution in [0.25, 0.3) is 0 Å². The Hall–Kier alpha value is -0.870. The molecule has 0 saturated heterocycles. The summed E-state index contributed by atoms with van der Waals surface area (Å²) in [5, 5.41) is 22.8. The lowest BCUT2D eigenvalue weighted by atomic mass is 9.99. The molecule has 0 bridgehead atoms. The van der Waals surface area contributed by atoms with Crippen molar-refractivity contribution in [3.63, 3.8) is 0 Å². The molecule has 1 amide bonds. The molecule has 0 aromatic rings. The highest BCUT2D eigenvalue weighted by Gasteiger charge is 2.21. The van der Waals surface area contributed by atoms with Crippen LogP contribution in [0.5, 0.6) is 0 Å². The van der Waals surface area contributed by atoms with E-state index in [-0.39, 0.29) is 18.4 Å². The highest BCUT2D eigenvalue weighted by atomic mass is 16.3. The third-order valence-electron chi connectivity index (χ3n) is 6.02. The molecule has 0 aliphatic heterocycles. The van der Waals surface area contributed by atoms with Crippen molar-refractivity contribution in [1.82, 2.24) is 5.32 Å². The molecule has 0 heterocycles. The van der Waals surface area contributed by atoms with Crippen molar-refractivity contribution < 1.29 is 15.0 Å². The van der Waals surface area contributed by atoms with Crippen LogP contribution in [0.15, 0.2) is 12.2 Å². The van der Waals surface area contributed by atoms with Crippen molar-refractivity contribution in [2.45, 2.75) is 130 Å². The predicted octanol–water partition coefficient (Wildman–Crippen LogP) is 6.15. The second-order valence-corrected chi connectivity index (χ2v) is 9.16. The maximum atomic E-state index is 12.3. The van der Waals surface area contributed by atoms with Gasteiger partial charge in [-0.3, -0.25) is 4.79 Å². The number of unbranched alkanes of at least 4 members (excludes halogenated alkanes) is 10. The molecule has 0 saturated carbocycles. The SMILES string of the molecule is CCCCCCCCCCCC(C)/C=C/[C@@H](O)[C@H](CO)NC(=O)C(C)CCCCC. The lowest BCUT2D eigenvalue weighted by molar-refractivity contribution is -0.126. The number of carbonyl (C=O) groups is 1. The van der Waals surface area contributed by atoms with Crippen molar-refractivity contribution >= 4 is 5.91 Å². The van der Waals surface area contributed by atoms with E-state index in [0.29, 0.717) is 5.92 Å². The van der Waals surface area contributed by atoms with Crippen molar-refractivity contribution in [3.05, 3.63) is 12.2 Å². The normalized spacial score (nSPS) is 15.8. The van der Waals surface area contributed by atoms with Crippen molar-refractivity contribution in [3.8, 4) is 0 Å². The number of aliphatic hydroxyl groups is 2. The number of carbonyl (C=O) groups excluding carboxylic acids is 1. The van der Waals surface area contributed by atoms with E-state index < -0.39 is 12.1 Å². The Morgan fingerprint density at radius 3 is 1.87 bits per heavy atom. The van der Waals surface area contributed by atoms with Crippen LogP contribution < -0.4 is 5.32 Å². The molecular weight excluding hydrogens is 374 g/mol. The third kappa shape index (κ3) is 15.9. The fraction of sp³-hybridized carbons (Fsp3) is 0.885. The molecule has 3 N–H and O–H groups in total. The molecule has 0 rings (SSSR count). The second kappa shape index (κ2) is 20.1. The lowest BCUT2D eigenvalue weighted by Gasteiger charge is -2.22. The van der Waals surface area contributed by atoms with Crippen LogP contribution in [0.1, 0.15) is 118 Å². The van der Waals surface area contributed by atoms with Crippen LogP contribution in [-0.4, -0.2) is 34.9 Å². The minimum absolute atomic E-state index is 0.0830. The molecule has 0 fully saturated rings. The quantitative estimate of drug-likeness (QED) is 0.162. The van der Waals surface area contributed by atoms with Crippen LogP contribution in [-0.2, 0) is 4.79 Å². The van der Waals surface area contributed by atoms with Gasteiger partial charge in [0.2, 0.25) is 5.91 Å². The molecular formula is C26H51NO3. The Bertz CT molecular complexity index is 425. The first-order valence-electron chi connectivity index (χ1n) is 12.7. The van der Waals surface area contributed by atoms with Crippen LogP contribution in [0, 0.1) is 11.8 Å². The first-order chi connectivity index (χ1) is 14.5. The van der Waals surface area contributed by atoms with Gasteiger partial charge in [0.15, 0.2) is 0 Å². The Labute approximate surface area is 186 Å². The topological polar surface area (TPSA) is 69.6 Å². The average Bonchev–Trinajstić information content (AvgIpc) is 2.74. The number of hydrogen-bond donors (Lipinski definition) is 3. The van der Waals surface area contributed by atoms with Gasteiger partial charge in [-0.1, -0.05) is 117 Å². The third-order valence-corrected chi connectivity index (χ3v) is 6.02. The van der Waals surface area contributed by atoms with E-state index in [9.17, 15) is 15.0 Å². The zero-order valence-electron chi connectivity index (χ0n) is 20.4. The molecule has 0 aliphatic carbocycles. The molecule has 0 aliphatic rings. The van der Waals surface area contributed by atoms with E-state index >= 15 is 0 Å². The van der Waals surface area contributed by atoms with E-state index in [1.54, 1.807) is 6.08 Å². The summed E-state index contributed by atoms with van der Waals surface area (Å²) in [7, 11) is 0. The summed E-state index contributed by atoms with van der Waals surface area (Å²) in [6.45, 7) is 8.22. The minimum Gasteiger partial charge on any atom is -0.394 e. The van der Waals surface area contributed by atoms with Crippen LogP contribution >= 0.6 is 0 Å². The van der Waals surface area contributed by atoms with E-state index in [4.69, 9.17) is 0 Å². The smallest absolute Gasteiger partial charge is 0.223 e. The molecule has 178 valence electrons. The number of nitrogens with one attached hydrogen (secondary N) is 1. The molecule has 0 aromatic heterocycles. The fourth-order valence-electron chi connectivity index (χ4n) is 3.71. The monoisotopic (exact) mass is 425 g/mol. The number of aliphatic hydroxyl groups excluding tert-OH is 2. The maximum absolute atomic E-state index is 12.3. The first kappa shape index (κ1) is 29.1. The van der Waals surface area contributed by atoms with Gasteiger partial charge in [-0.05, 0) is 18.8 Å². The van der Waals surface area contributed by atoms with Crippen molar-refractivity contribution in [2.24, 2.45) is 11.8 Å². The lowest BCUT2D eigenvalue weighted by Crippen LogP contribution is -2.47. The Balaban J connectivity index is 4.05. The van der Waals surface area contributed by atoms with E-state index in [0.717, 1.165) is 32.1 Å².